The molecule has 198 valence electrons. The van der Waals surface area contributed by atoms with Crippen LogP contribution in [0.5, 0.6) is 5.75 Å². The highest BCUT2D eigenvalue weighted by molar-refractivity contribution is 7.89. The van der Waals surface area contributed by atoms with Crippen LogP contribution in [-0.2, 0) is 19.6 Å². The number of benzene rings is 2. The molecule has 0 unspecified atom stereocenters. The molecular weight excluding hydrogens is 512 g/mol. The molecule has 1 aliphatic heterocycles. The van der Waals surface area contributed by atoms with Gasteiger partial charge >= 0.3 is 0 Å². The summed E-state index contributed by atoms with van der Waals surface area (Å²) in [5, 5.41) is 2.98. The van der Waals surface area contributed by atoms with Crippen LogP contribution >= 0.6 is 0 Å². The van der Waals surface area contributed by atoms with Gasteiger partial charge in [-0.05, 0) is 73.5 Å². The van der Waals surface area contributed by atoms with Gasteiger partial charge < -0.3 is 23.6 Å². The minimum atomic E-state index is -3.65. The number of amides is 1. The maximum Gasteiger partial charge on any atom is 0.262 e. The van der Waals surface area contributed by atoms with Crippen molar-refractivity contribution in [2.75, 3.05) is 38.2 Å². The number of fused-ring (bicyclic) bond motifs is 1. The third-order valence-electron chi connectivity index (χ3n) is 6.30. The third kappa shape index (κ3) is 5.08. The number of rotatable bonds is 7. The molecule has 0 saturated carbocycles. The summed E-state index contributed by atoms with van der Waals surface area (Å²) in [6.07, 6.45) is 1.44. The molecule has 1 amide bonds. The second-order valence-corrected chi connectivity index (χ2v) is 10.8. The average molecular weight is 539 g/mol. The number of furan rings is 1. The molecule has 0 radical (unpaired) electrons. The molecule has 0 spiro atoms. The van der Waals surface area contributed by atoms with Crippen molar-refractivity contribution in [2.24, 2.45) is 0 Å². The van der Waals surface area contributed by atoms with E-state index in [4.69, 9.17) is 18.3 Å². The molecule has 0 aliphatic carbocycles. The van der Waals surface area contributed by atoms with Crippen molar-refractivity contribution < 1.29 is 31.5 Å². The Bertz CT molecular complexity index is 1640. The topological polar surface area (TPSA) is 128 Å². The predicted molar refractivity (Wildman–Crippen MR) is 140 cm³/mol. The molecule has 11 heteroatoms. The van der Waals surface area contributed by atoms with E-state index in [1.165, 1.54) is 34.8 Å². The Hall–Kier alpha value is -3.93. The standard InChI is InChI=1S/C27H26N2O8S/c1-17-14-21-23(15-18(17)2)37-26(22-4-3-11-35-22)27(25(21)31)36-16-24(30)28-19-5-7-20(8-6-19)38(32,33)29-9-12-34-13-10-29/h3-8,11,14-15H,9-10,12-13,16H2,1-2H3,(H,28,30). The summed E-state index contributed by atoms with van der Waals surface area (Å²) in [6.45, 7) is 4.61. The maximum atomic E-state index is 13.3. The zero-order valence-corrected chi connectivity index (χ0v) is 21.7. The molecule has 10 nitrogen and oxygen atoms in total. The molecule has 5 rings (SSSR count). The summed E-state index contributed by atoms with van der Waals surface area (Å²) in [4.78, 5) is 26.1. The molecule has 3 heterocycles. The lowest BCUT2D eigenvalue weighted by Crippen LogP contribution is -2.40. The Balaban J connectivity index is 1.33. The normalized spacial score (nSPS) is 14.5. The number of nitrogens with zero attached hydrogens (tertiary/aromatic N) is 1. The van der Waals surface area contributed by atoms with Crippen LogP contribution < -0.4 is 15.5 Å². The van der Waals surface area contributed by atoms with Crippen molar-refractivity contribution in [3.63, 3.8) is 0 Å². The number of morpholine rings is 1. The fourth-order valence-electron chi connectivity index (χ4n) is 4.12. The van der Waals surface area contributed by atoms with Gasteiger partial charge in [0.15, 0.2) is 12.4 Å². The van der Waals surface area contributed by atoms with Crippen LogP contribution in [0.4, 0.5) is 5.69 Å². The molecular formula is C27H26N2O8S. The zero-order chi connectivity index (χ0) is 26.9. The second-order valence-electron chi connectivity index (χ2n) is 8.88. The third-order valence-corrected chi connectivity index (χ3v) is 8.22. The Morgan fingerprint density at radius 1 is 1.05 bits per heavy atom. The quantitative estimate of drug-likeness (QED) is 0.377. The van der Waals surface area contributed by atoms with Gasteiger partial charge in [-0.1, -0.05) is 0 Å². The van der Waals surface area contributed by atoms with E-state index in [9.17, 15) is 18.0 Å². The van der Waals surface area contributed by atoms with E-state index in [1.54, 1.807) is 24.3 Å². The zero-order valence-electron chi connectivity index (χ0n) is 20.9. The highest BCUT2D eigenvalue weighted by Crippen LogP contribution is 2.32. The smallest absolute Gasteiger partial charge is 0.262 e. The average Bonchev–Trinajstić information content (AvgIpc) is 3.45. The van der Waals surface area contributed by atoms with Gasteiger partial charge in [-0.2, -0.15) is 4.31 Å². The van der Waals surface area contributed by atoms with E-state index in [-0.39, 0.29) is 22.2 Å². The Kier molecular flexibility index (Phi) is 7.06. The number of hydrogen-bond donors (Lipinski definition) is 1. The van der Waals surface area contributed by atoms with E-state index in [0.29, 0.717) is 43.0 Å². The van der Waals surface area contributed by atoms with E-state index in [0.717, 1.165) is 11.1 Å². The van der Waals surface area contributed by atoms with Gasteiger partial charge in [0.25, 0.3) is 5.91 Å². The van der Waals surface area contributed by atoms with Crippen molar-refractivity contribution in [3.8, 4) is 17.3 Å². The molecule has 1 fully saturated rings. The maximum absolute atomic E-state index is 13.3. The van der Waals surface area contributed by atoms with Crippen LogP contribution in [0.1, 0.15) is 11.1 Å². The Morgan fingerprint density at radius 3 is 2.45 bits per heavy atom. The summed E-state index contributed by atoms with van der Waals surface area (Å²) < 4.78 is 49.2. The highest BCUT2D eigenvalue weighted by atomic mass is 32.2. The van der Waals surface area contributed by atoms with Crippen LogP contribution in [-0.4, -0.2) is 51.5 Å². The predicted octanol–water partition coefficient (Wildman–Crippen LogP) is 3.71. The summed E-state index contributed by atoms with van der Waals surface area (Å²) >= 11 is 0. The lowest BCUT2D eigenvalue weighted by molar-refractivity contribution is -0.118. The number of nitrogens with one attached hydrogen (secondary N) is 1. The van der Waals surface area contributed by atoms with Crippen molar-refractivity contribution >= 4 is 32.6 Å². The van der Waals surface area contributed by atoms with Crippen molar-refractivity contribution in [1.29, 1.82) is 0 Å². The summed E-state index contributed by atoms with van der Waals surface area (Å²) in [6, 6.07) is 12.6. The Morgan fingerprint density at radius 2 is 1.76 bits per heavy atom. The Labute approximate surface area is 218 Å². The second kappa shape index (κ2) is 10.4. The molecule has 4 aromatic rings. The van der Waals surface area contributed by atoms with Gasteiger partial charge in [0.1, 0.15) is 5.58 Å². The van der Waals surface area contributed by atoms with Crippen LogP contribution in [0.2, 0.25) is 0 Å². The highest BCUT2D eigenvalue weighted by Gasteiger charge is 2.26. The molecule has 0 bridgehead atoms. The fraction of sp³-hybridized carbons (Fsp3) is 0.259. The number of anilines is 1. The van der Waals surface area contributed by atoms with Gasteiger partial charge in [0, 0.05) is 18.8 Å². The van der Waals surface area contributed by atoms with Crippen LogP contribution in [0.15, 0.2) is 73.3 Å². The lowest BCUT2D eigenvalue weighted by atomic mass is 10.1. The van der Waals surface area contributed by atoms with Gasteiger partial charge in [-0.3, -0.25) is 9.59 Å². The summed E-state index contributed by atoms with van der Waals surface area (Å²) in [5.74, 6) is -0.313. The molecule has 1 aliphatic rings. The van der Waals surface area contributed by atoms with E-state index < -0.39 is 28.0 Å². The molecule has 2 aromatic heterocycles. The van der Waals surface area contributed by atoms with Gasteiger partial charge in [0.05, 0.1) is 29.8 Å². The van der Waals surface area contributed by atoms with Crippen LogP contribution in [0.3, 0.4) is 0 Å². The molecule has 1 N–H and O–H groups in total. The number of hydrogen-bond acceptors (Lipinski definition) is 8. The van der Waals surface area contributed by atoms with E-state index >= 15 is 0 Å². The molecule has 2 aromatic carbocycles. The first-order chi connectivity index (χ1) is 18.2. The largest absolute Gasteiger partial charge is 0.476 e. The lowest BCUT2D eigenvalue weighted by Gasteiger charge is -2.26. The van der Waals surface area contributed by atoms with Crippen molar-refractivity contribution in [3.05, 3.63) is 76.1 Å². The molecule has 0 atom stereocenters. The van der Waals surface area contributed by atoms with Crippen molar-refractivity contribution in [1.82, 2.24) is 4.31 Å². The van der Waals surface area contributed by atoms with E-state index in [1.807, 2.05) is 13.8 Å². The first kappa shape index (κ1) is 25.7. The number of aryl methyl sites for hydroxylation is 2. The number of ether oxygens (including phenoxy) is 2. The molecule has 38 heavy (non-hydrogen) atoms. The number of carbonyl (C=O) groups is 1. The first-order valence-electron chi connectivity index (χ1n) is 12.0. The summed E-state index contributed by atoms with van der Waals surface area (Å²) in [5.41, 5.74) is 2.21. The van der Waals surface area contributed by atoms with Gasteiger partial charge in [-0.15, -0.1) is 0 Å². The fourth-order valence-corrected chi connectivity index (χ4v) is 5.52. The number of carbonyl (C=O) groups excluding carboxylic acids is 1. The SMILES string of the molecule is Cc1cc2oc(-c3ccco3)c(OCC(=O)Nc3ccc(S(=O)(=O)N4CCOCC4)cc3)c(=O)c2cc1C. The minimum absolute atomic E-state index is 0.0845. The minimum Gasteiger partial charge on any atom is -0.476 e. The van der Waals surface area contributed by atoms with Crippen LogP contribution in [0.25, 0.3) is 22.5 Å². The monoisotopic (exact) mass is 538 g/mol. The van der Waals surface area contributed by atoms with Crippen LogP contribution in [0, 0.1) is 13.8 Å². The number of sulfonamides is 1. The molecule has 1 saturated heterocycles. The van der Waals surface area contributed by atoms with Crippen molar-refractivity contribution in [2.45, 2.75) is 18.7 Å². The van der Waals surface area contributed by atoms with Gasteiger partial charge in [0.2, 0.25) is 27.0 Å². The first-order valence-corrected chi connectivity index (χ1v) is 13.4. The summed E-state index contributed by atoms with van der Waals surface area (Å²) in [7, 11) is -3.65. The van der Waals surface area contributed by atoms with E-state index in [2.05, 4.69) is 5.32 Å². The van der Waals surface area contributed by atoms with Gasteiger partial charge in [-0.25, -0.2) is 8.42 Å².